The number of rotatable bonds is 7. The quantitative estimate of drug-likeness (QED) is 0.780. The van der Waals surface area contributed by atoms with Crippen molar-refractivity contribution in [2.75, 3.05) is 26.2 Å². The van der Waals surface area contributed by atoms with Crippen molar-refractivity contribution in [2.24, 2.45) is 0 Å². The van der Waals surface area contributed by atoms with Crippen molar-refractivity contribution in [3.05, 3.63) is 59.0 Å². The first-order valence-electron chi connectivity index (χ1n) is 8.70. The van der Waals surface area contributed by atoms with E-state index in [2.05, 4.69) is 15.5 Å². The highest BCUT2D eigenvalue weighted by Crippen LogP contribution is 2.29. The summed E-state index contributed by atoms with van der Waals surface area (Å²) in [6.07, 6.45) is 5.05. The number of benzene rings is 1. The largest absolute Gasteiger partial charge is 0.472 e. The van der Waals surface area contributed by atoms with Gasteiger partial charge in [-0.05, 0) is 43.6 Å². The first kappa shape index (κ1) is 18.5. The smallest absolute Gasteiger partial charge is 0.254 e. The third-order valence-corrected chi connectivity index (χ3v) is 4.88. The van der Waals surface area contributed by atoms with Crippen LogP contribution in [0.25, 0.3) is 0 Å². The number of carbonyl (C=O) groups is 2. The third kappa shape index (κ3) is 4.65. The fraction of sp³-hybridized carbons (Fsp3) is 0.368. The normalized spacial score (nSPS) is 15.6. The molecule has 7 heteroatoms. The lowest BCUT2D eigenvalue weighted by Gasteiger charge is -2.29. The van der Waals surface area contributed by atoms with Crippen LogP contribution in [0.1, 0.15) is 34.8 Å². The van der Waals surface area contributed by atoms with Crippen LogP contribution in [-0.2, 0) is 4.79 Å². The van der Waals surface area contributed by atoms with Gasteiger partial charge in [-0.2, -0.15) is 0 Å². The van der Waals surface area contributed by atoms with Crippen LogP contribution >= 0.6 is 11.6 Å². The minimum Gasteiger partial charge on any atom is -0.472 e. The van der Waals surface area contributed by atoms with Gasteiger partial charge in [0.1, 0.15) is 6.26 Å². The number of furan rings is 1. The SMILES string of the molecule is O=C(CNC(=O)c1ccoc1)NCC(c1ccccc1Cl)N1CCCC1. The number of carbonyl (C=O) groups excluding carboxylic acids is 2. The number of hydrogen-bond donors (Lipinski definition) is 2. The molecular weight excluding hydrogens is 354 g/mol. The van der Waals surface area contributed by atoms with Crippen LogP contribution in [0.3, 0.4) is 0 Å². The first-order chi connectivity index (χ1) is 12.6. The number of nitrogens with one attached hydrogen (secondary N) is 2. The standard InChI is InChI=1S/C19H22ClN3O3/c20-16-6-2-1-5-15(16)17(23-8-3-4-9-23)11-21-18(24)12-22-19(25)14-7-10-26-13-14/h1-2,5-7,10,13,17H,3-4,8-9,11-12H2,(H,21,24)(H,22,25). The molecule has 1 fully saturated rings. The lowest BCUT2D eigenvalue weighted by molar-refractivity contribution is -0.120. The molecule has 26 heavy (non-hydrogen) atoms. The van der Waals surface area contributed by atoms with Gasteiger partial charge in [0.15, 0.2) is 0 Å². The summed E-state index contributed by atoms with van der Waals surface area (Å²) in [5.41, 5.74) is 1.41. The van der Waals surface area contributed by atoms with Crippen LogP contribution in [0.2, 0.25) is 5.02 Å². The zero-order valence-electron chi connectivity index (χ0n) is 14.4. The van der Waals surface area contributed by atoms with E-state index >= 15 is 0 Å². The third-order valence-electron chi connectivity index (χ3n) is 4.53. The summed E-state index contributed by atoms with van der Waals surface area (Å²) >= 11 is 6.37. The van der Waals surface area contributed by atoms with Crippen LogP contribution in [0, 0.1) is 0 Å². The van der Waals surface area contributed by atoms with Crippen molar-refractivity contribution in [3.8, 4) is 0 Å². The zero-order chi connectivity index (χ0) is 18.4. The Labute approximate surface area is 157 Å². The molecular formula is C19H22ClN3O3. The van der Waals surface area contributed by atoms with Crippen molar-refractivity contribution in [3.63, 3.8) is 0 Å². The number of halogens is 1. The Balaban J connectivity index is 1.56. The molecule has 0 aliphatic carbocycles. The highest BCUT2D eigenvalue weighted by molar-refractivity contribution is 6.31. The monoisotopic (exact) mass is 375 g/mol. The molecule has 2 aromatic rings. The van der Waals surface area contributed by atoms with E-state index in [1.807, 2.05) is 24.3 Å². The molecule has 2 amide bonds. The Hall–Kier alpha value is -2.31. The van der Waals surface area contributed by atoms with Crippen molar-refractivity contribution >= 4 is 23.4 Å². The average molecular weight is 376 g/mol. The van der Waals surface area contributed by atoms with Crippen LogP contribution < -0.4 is 10.6 Å². The van der Waals surface area contributed by atoms with Gasteiger partial charge in [-0.25, -0.2) is 0 Å². The van der Waals surface area contributed by atoms with E-state index in [0.29, 0.717) is 17.1 Å². The maximum atomic E-state index is 12.2. The van der Waals surface area contributed by atoms with E-state index in [0.717, 1.165) is 31.5 Å². The van der Waals surface area contributed by atoms with Gasteiger partial charge in [0.05, 0.1) is 24.4 Å². The van der Waals surface area contributed by atoms with Gasteiger partial charge in [-0.1, -0.05) is 29.8 Å². The highest BCUT2D eigenvalue weighted by atomic mass is 35.5. The molecule has 1 unspecified atom stereocenters. The van der Waals surface area contributed by atoms with Gasteiger partial charge < -0.3 is 15.1 Å². The maximum absolute atomic E-state index is 12.2. The molecule has 1 aliphatic rings. The molecule has 138 valence electrons. The second-order valence-corrected chi connectivity index (χ2v) is 6.69. The molecule has 0 spiro atoms. The molecule has 0 bridgehead atoms. The summed E-state index contributed by atoms with van der Waals surface area (Å²) < 4.78 is 4.86. The van der Waals surface area contributed by atoms with Crippen molar-refractivity contribution in [1.29, 1.82) is 0 Å². The topological polar surface area (TPSA) is 74.6 Å². The van der Waals surface area contributed by atoms with E-state index in [9.17, 15) is 9.59 Å². The summed E-state index contributed by atoms with van der Waals surface area (Å²) in [7, 11) is 0. The molecule has 0 saturated carbocycles. The predicted octanol–water partition coefficient (Wildman–Crippen LogP) is 2.62. The van der Waals surface area contributed by atoms with E-state index in [4.69, 9.17) is 16.0 Å². The molecule has 1 saturated heterocycles. The molecule has 1 aromatic carbocycles. The first-order valence-corrected chi connectivity index (χ1v) is 9.08. The second kappa shape index (κ2) is 8.87. The van der Waals surface area contributed by atoms with Crippen molar-refractivity contribution in [1.82, 2.24) is 15.5 Å². The van der Waals surface area contributed by atoms with E-state index in [1.165, 1.54) is 12.5 Å². The molecule has 0 radical (unpaired) electrons. The Kier molecular flexibility index (Phi) is 6.30. The zero-order valence-corrected chi connectivity index (χ0v) is 15.2. The highest BCUT2D eigenvalue weighted by Gasteiger charge is 2.25. The van der Waals surface area contributed by atoms with Crippen LogP contribution in [0.15, 0.2) is 47.3 Å². The van der Waals surface area contributed by atoms with Gasteiger partial charge in [0, 0.05) is 11.6 Å². The van der Waals surface area contributed by atoms with Gasteiger partial charge >= 0.3 is 0 Å². The van der Waals surface area contributed by atoms with Crippen molar-refractivity contribution in [2.45, 2.75) is 18.9 Å². The van der Waals surface area contributed by atoms with E-state index in [1.54, 1.807) is 6.07 Å². The summed E-state index contributed by atoms with van der Waals surface area (Å²) in [5.74, 6) is -0.575. The fourth-order valence-electron chi connectivity index (χ4n) is 3.16. The van der Waals surface area contributed by atoms with Gasteiger partial charge in [-0.3, -0.25) is 14.5 Å². The molecule has 1 atom stereocenters. The molecule has 6 nitrogen and oxygen atoms in total. The number of amides is 2. The molecule has 2 heterocycles. The summed E-state index contributed by atoms with van der Waals surface area (Å²) in [6.45, 7) is 2.34. The number of likely N-dealkylation sites (tertiary alicyclic amines) is 1. The lowest BCUT2D eigenvalue weighted by atomic mass is 10.1. The van der Waals surface area contributed by atoms with Gasteiger partial charge in [0.25, 0.3) is 5.91 Å². The van der Waals surface area contributed by atoms with E-state index < -0.39 is 0 Å². The summed E-state index contributed by atoms with van der Waals surface area (Å²) in [4.78, 5) is 26.3. The fourth-order valence-corrected chi connectivity index (χ4v) is 3.43. The molecule has 1 aromatic heterocycles. The van der Waals surface area contributed by atoms with Gasteiger partial charge in [-0.15, -0.1) is 0 Å². The minimum absolute atomic E-state index is 0.0275. The van der Waals surface area contributed by atoms with Gasteiger partial charge in [0.2, 0.25) is 5.91 Å². The molecule has 3 rings (SSSR count). The molecule has 1 aliphatic heterocycles. The second-order valence-electron chi connectivity index (χ2n) is 6.28. The Morgan fingerprint density at radius 2 is 1.92 bits per heavy atom. The Morgan fingerprint density at radius 1 is 1.15 bits per heavy atom. The Bertz CT molecular complexity index is 742. The summed E-state index contributed by atoms with van der Waals surface area (Å²) in [6, 6.07) is 9.30. The number of nitrogens with zero attached hydrogens (tertiary/aromatic N) is 1. The number of hydrogen-bond acceptors (Lipinski definition) is 4. The average Bonchev–Trinajstić information content (AvgIpc) is 3.35. The van der Waals surface area contributed by atoms with Crippen LogP contribution in [0.4, 0.5) is 0 Å². The van der Waals surface area contributed by atoms with Crippen molar-refractivity contribution < 1.29 is 14.0 Å². The minimum atomic E-state index is -0.337. The molecule has 2 N–H and O–H groups in total. The summed E-state index contributed by atoms with van der Waals surface area (Å²) in [5, 5.41) is 6.19. The van der Waals surface area contributed by atoms with Crippen LogP contribution in [-0.4, -0.2) is 42.9 Å². The predicted molar refractivity (Wildman–Crippen MR) is 99.1 cm³/mol. The van der Waals surface area contributed by atoms with E-state index in [-0.39, 0.29) is 24.4 Å². The lowest BCUT2D eigenvalue weighted by Crippen LogP contribution is -2.41. The Morgan fingerprint density at radius 3 is 2.62 bits per heavy atom. The van der Waals surface area contributed by atoms with Crippen LogP contribution in [0.5, 0.6) is 0 Å². The maximum Gasteiger partial charge on any atom is 0.254 e.